The third-order valence-electron chi connectivity index (χ3n) is 2.55. The van der Waals surface area contributed by atoms with Gasteiger partial charge >= 0.3 is 11.9 Å². The van der Waals surface area contributed by atoms with Crippen LogP contribution in [0.2, 0.25) is 0 Å². The Morgan fingerprint density at radius 3 is 2.59 bits per heavy atom. The lowest BCUT2D eigenvalue weighted by Gasteiger charge is -2.17. The Kier molecular flexibility index (Phi) is 3.15. The molecule has 0 bridgehead atoms. The van der Waals surface area contributed by atoms with Crippen molar-refractivity contribution in [2.24, 2.45) is 0 Å². The molecule has 0 aliphatic carbocycles. The Hall–Kier alpha value is -1.43. The lowest BCUT2D eigenvalue weighted by Crippen LogP contribution is -2.21. The number of ether oxygens (including phenoxy) is 1. The first kappa shape index (κ1) is 12.0. The van der Waals surface area contributed by atoms with Gasteiger partial charge in [0, 0.05) is 0 Å². The molecule has 5 nitrogen and oxygen atoms in total. The van der Waals surface area contributed by atoms with Crippen molar-refractivity contribution in [1.82, 2.24) is 0 Å². The van der Waals surface area contributed by atoms with Crippen LogP contribution >= 0.6 is 11.6 Å². The van der Waals surface area contributed by atoms with Crippen molar-refractivity contribution in [3.05, 3.63) is 34.9 Å². The normalized spacial score (nSPS) is 17.6. The van der Waals surface area contributed by atoms with E-state index in [1.165, 1.54) is 18.2 Å². The van der Waals surface area contributed by atoms with Crippen LogP contribution in [0.25, 0.3) is 0 Å². The Bertz CT molecular complexity index is 485. The van der Waals surface area contributed by atoms with E-state index in [2.05, 4.69) is 4.74 Å². The molecule has 2 N–H and O–H groups in total. The highest BCUT2D eigenvalue weighted by Gasteiger charge is 2.35. The third-order valence-corrected chi connectivity index (χ3v) is 2.86. The number of carbonyl (C=O) groups is 2. The molecule has 1 aliphatic rings. The standard InChI is InChI=1S/C11H9ClO5/c12-4-7(13)9(14)5-2-1-3-6-8(5)11(16)17-10(6)15/h1-3,7,9,13-14H,4H2. The lowest BCUT2D eigenvalue weighted by molar-refractivity contribution is 0.0310. The van der Waals surface area contributed by atoms with Crippen LogP contribution in [-0.2, 0) is 4.74 Å². The Morgan fingerprint density at radius 1 is 1.24 bits per heavy atom. The van der Waals surface area contributed by atoms with Crippen LogP contribution < -0.4 is 0 Å². The number of hydrogen-bond acceptors (Lipinski definition) is 5. The van der Waals surface area contributed by atoms with Crippen LogP contribution in [0.1, 0.15) is 32.4 Å². The number of hydrogen-bond donors (Lipinski definition) is 2. The zero-order valence-electron chi connectivity index (χ0n) is 8.59. The minimum absolute atomic E-state index is 0.00540. The molecule has 1 heterocycles. The number of aliphatic hydroxyl groups is 2. The highest BCUT2D eigenvalue weighted by atomic mass is 35.5. The summed E-state index contributed by atoms with van der Waals surface area (Å²) in [5.41, 5.74) is 0.231. The SMILES string of the molecule is O=C1OC(=O)c2c1cccc2C(O)C(O)CCl. The largest absolute Gasteiger partial charge is 0.389 e. The zero-order chi connectivity index (χ0) is 12.6. The number of esters is 2. The molecule has 1 aliphatic heterocycles. The van der Waals surface area contributed by atoms with Gasteiger partial charge < -0.3 is 14.9 Å². The van der Waals surface area contributed by atoms with Gasteiger partial charge in [-0.3, -0.25) is 0 Å². The molecule has 0 saturated heterocycles. The molecule has 17 heavy (non-hydrogen) atoms. The van der Waals surface area contributed by atoms with Gasteiger partial charge in [-0.25, -0.2) is 9.59 Å². The summed E-state index contributed by atoms with van der Waals surface area (Å²) in [6.07, 6.45) is -2.55. The summed E-state index contributed by atoms with van der Waals surface area (Å²) in [5, 5.41) is 19.2. The number of fused-ring (bicyclic) bond motifs is 1. The molecule has 0 radical (unpaired) electrons. The van der Waals surface area contributed by atoms with E-state index in [0.29, 0.717) is 0 Å². The van der Waals surface area contributed by atoms with E-state index < -0.39 is 24.1 Å². The molecular weight excluding hydrogens is 248 g/mol. The summed E-state index contributed by atoms with van der Waals surface area (Å²) in [4.78, 5) is 22.7. The molecule has 1 aromatic rings. The first-order valence-electron chi connectivity index (χ1n) is 4.87. The third kappa shape index (κ3) is 1.93. The first-order valence-corrected chi connectivity index (χ1v) is 5.41. The lowest BCUT2D eigenvalue weighted by atomic mass is 9.96. The van der Waals surface area contributed by atoms with E-state index in [4.69, 9.17) is 11.6 Å². The first-order chi connectivity index (χ1) is 8.06. The molecule has 1 aromatic carbocycles. The van der Waals surface area contributed by atoms with Gasteiger partial charge in [-0.1, -0.05) is 12.1 Å². The maximum Gasteiger partial charge on any atom is 0.347 e. The van der Waals surface area contributed by atoms with Gasteiger partial charge in [-0.15, -0.1) is 11.6 Å². The second-order valence-electron chi connectivity index (χ2n) is 3.61. The van der Waals surface area contributed by atoms with Crippen molar-refractivity contribution >= 4 is 23.5 Å². The van der Waals surface area contributed by atoms with Crippen LogP contribution in [0.4, 0.5) is 0 Å². The van der Waals surface area contributed by atoms with Gasteiger partial charge in [0.05, 0.1) is 23.1 Å². The molecule has 0 fully saturated rings. The predicted octanol–water partition coefficient (Wildman–Crippen LogP) is 0.630. The minimum atomic E-state index is -1.33. The monoisotopic (exact) mass is 256 g/mol. The number of aliphatic hydroxyl groups excluding tert-OH is 2. The van der Waals surface area contributed by atoms with Crippen LogP contribution in [0.5, 0.6) is 0 Å². The molecule has 0 saturated carbocycles. The summed E-state index contributed by atoms with van der Waals surface area (Å²) in [7, 11) is 0. The Morgan fingerprint density at radius 2 is 1.94 bits per heavy atom. The smallest absolute Gasteiger partial charge is 0.347 e. The Balaban J connectivity index is 2.50. The van der Waals surface area contributed by atoms with E-state index in [9.17, 15) is 19.8 Å². The van der Waals surface area contributed by atoms with Crippen LogP contribution in [0.15, 0.2) is 18.2 Å². The highest BCUT2D eigenvalue weighted by molar-refractivity contribution is 6.18. The van der Waals surface area contributed by atoms with Crippen LogP contribution in [0, 0.1) is 0 Å². The van der Waals surface area contributed by atoms with Gasteiger partial charge in [0.2, 0.25) is 0 Å². The molecule has 90 valence electrons. The predicted molar refractivity (Wildman–Crippen MR) is 57.9 cm³/mol. The number of halogens is 1. The van der Waals surface area contributed by atoms with E-state index in [1.807, 2.05) is 0 Å². The average Bonchev–Trinajstić information content (AvgIpc) is 2.63. The van der Waals surface area contributed by atoms with Crippen molar-refractivity contribution in [3.63, 3.8) is 0 Å². The molecular formula is C11H9ClO5. The minimum Gasteiger partial charge on any atom is -0.389 e. The maximum absolute atomic E-state index is 11.4. The van der Waals surface area contributed by atoms with Crippen molar-refractivity contribution in [3.8, 4) is 0 Å². The second-order valence-corrected chi connectivity index (χ2v) is 3.92. The van der Waals surface area contributed by atoms with Crippen molar-refractivity contribution in [2.45, 2.75) is 12.2 Å². The number of alkyl halides is 1. The van der Waals surface area contributed by atoms with Gasteiger partial charge in [0.15, 0.2) is 0 Å². The Labute approximate surface area is 102 Å². The number of cyclic esters (lactones) is 2. The molecule has 0 amide bonds. The molecule has 0 aromatic heterocycles. The number of carbonyl (C=O) groups excluding carboxylic acids is 2. The topological polar surface area (TPSA) is 83.8 Å². The van der Waals surface area contributed by atoms with Gasteiger partial charge in [0.1, 0.15) is 6.10 Å². The van der Waals surface area contributed by atoms with Gasteiger partial charge in [-0.2, -0.15) is 0 Å². The van der Waals surface area contributed by atoms with Gasteiger partial charge in [-0.05, 0) is 11.6 Å². The fourth-order valence-electron chi connectivity index (χ4n) is 1.70. The second kappa shape index (κ2) is 4.44. The van der Waals surface area contributed by atoms with Crippen LogP contribution in [-0.4, -0.2) is 34.1 Å². The van der Waals surface area contributed by atoms with E-state index in [-0.39, 0.29) is 22.6 Å². The van der Waals surface area contributed by atoms with Crippen molar-refractivity contribution < 1.29 is 24.5 Å². The number of benzene rings is 1. The van der Waals surface area contributed by atoms with E-state index >= 15 is 0 Å². The molecule has 2 atom stereocenters. The molecule has 2 unspecified atom stereocenters. The van der Waals surface area contributed by atoms with E-state index in [1.54, 1.807) is 0 Å². The van der Waals surface area contributed by atoms with Gasteiger partial charge in [0.25, 0.3) is 0 Å². The fraction of sp³-hybridized carbons (Fsp3) is 0.273. The molecule has 6 heteroatoms. The average molecular weight is 257 g/mol. The summed E-state index contributed by atoms with van der Waals surface area (Å²) in [6.45, 7) is 0. The fourth-order valence-corrected chi connectivity index (χ4v) is 1.87. The summed E-state index contributed by atoms with van der Waals surface area (Å²) < 4.78 is 4.43. The summed E-state index contributed by atoms with van der Waals surface area (Å²) >= 11 is 5.42. The van der Waals surface area contributed by atoms with Crippen molar-refractivity contribution in [1.29, 1.82) is 0 Å². The summed E-state index contributed by atoms with van der Waals surface area (Å²) in [6, 6.07) is 4.36. The van der Waals surface area contributed by atoms with E-state index in [0.717, 1.165) is 0 Å². The molecule has 0 spiro atoms. The van der Waals surface area contributed by atoms with Crippen molar-refractivity contribution in [2.75, 3.05) is 5.88 Å². The quantitative estimate of drug-likeness (QED) is 0.471. The number of rotatable bonds is 3. The molecule has 2 rings (SSSR count). The highest BCUT2D eigenvalue weighted by Crippen LogP contribution is 2.29. The maximum atomic E-state index is 11.4. The zero-order valence-corrected chi connectivity index (χ0v) is 9.35. The summed E-state index contributed by atoms with van der Waals surface area (Å²) in [5.74, 6) is -1.76. The van der Waals surface area contributed by atoms with Crippen LogP contribution in [0.3, 0.4) is 0 Å².